The Hall–Kier alpha value is -3.34. The summed E-state index contributed by atoms with van der Waals surface area (Å²) in [5.41, 5.74) is 3.23. The topological polar surface area (TPSA) is 108 Å². The van der Waals surface area contributed by atoms with Crippen molar-refractivity contribution < 1.29 is 29.2 Å². The van der Waals surface area contributed by atoms with E-state index in [1.807, 2.05) is 42.5 Å². The van der Waals surface area contributed by atoms with E-state index in [2.05, 4.69) is 33.4 Å². The Morgan fingerprint density at radius 3 is 2.67 bits per heavy atom. The van der Waals surface area contributed by atoms with Gasteiger partial charge in [-0.25, -0.2) is 0 Å². The largest absolute Gasteiger partial charge is 0.493 e. The van der Waals surface area contributed by atoms with Gasteiger partial charge in [0.15, 0.2) is 11.5 Å². The molecule has 1 saturated carbocycles. The zero-order valence-corrected chi connectivity index (χ0v) is 26.2. The standard InChI is InChI=1S/C36H47N3O6/c1-42-35-21-25(16-19-43-32-11-5-4-10-31(32)39-18-15-26(40)23-39)13-14-33(35)44-20-17-37-22-27(41)24-45-34-12-6-9-30-36(34)28-7-2-3-8-29(28)38-30/h2-3,6-9,12-14,21,26-27,31-32,37-38,40-41H,4-5,10-11,15-20,22-24H2,1H3/t26?,27?,31-,32+/m0/s1. The van der Waals surface area contributed by atoms with E-state index in [1.54, 1.807) is 7.11 Å². The Morgan fingerprint density at radius 1 is 0.933 bits per heavy atom. The number of H-pyrrole nitrogens is 1. The molecule has 242 valence electrons. The second-order valence-corrected chi connectivity index (χ2v) is 12.3. The van der Waals surface area contributed by atoms with Gasteiger partial charge in [-0.1, -0.05) is 43.2 Å². The lowest BCUT2D eigenvalue weighted by atomic mass is 9.91. The minimum atomic E-state index is -0.660. The lowest BCUT2D eigenvalue weighted by molar-refractivity contribution is -0.0316. The zero-order valence-electron chi connectivity index (χ0n) is 26.2. The van der Waals surface area contributed by atoms with E-state index in [0.717, 1.165) is 71.9 Å². The first-order valence-corrected chi connectivity index (χ1v) is 16.4. The molecule has 0 spiro atoms. The van der Waals surface area contributed by atoms with Gasteiger partial charge in [-0.3, -0.25) is 4.90 Å². The quantitative estimate of drug-likeness (QED) is 0.143. The number of rotatable bonds is 15. The van der Waals surface area contributed by atoms with Crippen LogP contribution in [0.2, 0.25) is 0 Å². The number of β-amino-alcohol motifs (C(OH)–C–C–N with tert-alkyl or cyclic N) is 1. The normalized spacial score (nSPS) is 21.4. The molecule has 1 saturated heterocycles. The highest BCUT2D eigenvalue weighted by atomic mass is 16.5. The summed E-state index contributed by atoms with van der Waals surface area (Å²) in [6.45, 7) is 4.00. The minimum Gasteiger partial charge on any atom is -0.493 e. The Bertz CT molecular complexity index is 1530. The van der Waals surface area contributed by atoms with Crippen LogP contribution in [0.1, 0.15) is 37.7 Å². The average molecular weight is 618 g/mol. The van der Waals surface area contributed by atoms with E-state index in [-0.39, 0.29) is 18.8 Å². The second kappa shape index (κ2) is 15.3. The van der Waals surface area contributed by atoms with Crippen LogP contribution in [-0.4, -0.2) is 97.6 Å². The maximum absolute atomic E-state index is 10.5. The SMILES string of the molecule is COc1cc(CCO[C@@H]2CCCC[C@@H]2N2CCC(O)C2)ccc1OCCNCC(O)COc1cccc2[nH]c3ccccc3c12. The highest BCUT2D eigenvalue weighted by Gasteiger charge is 2.34. The molecule has 0 amide bonds. The third kappa shape index (κ3) is 7.91. The summed E-state index contributed by atoms with van der Waals surface area (Å²) in [6.07, 6.45) is 5.75. The van der Waals surface area contributed by atoms with Crippen LogP contribution in [0.3, 0.4) is 0 Å². The summed E-state index contributed by atoms with van der Waals surface area (Å²) in [7, 11) is 1.66. The first-order chi connectivity index (χ1) is 22.1. The number of aliphatic hydroxyl groups is 2. The molecule has 1 aliphatic carbocycles. The molecule has 1 aliphatic heterocycles. The number of hydrogen-bond acceptors (Lipinski definition) is 8. The van der Waals surface area contributed by atoms with Crippen LogP contribution in [0.25, 0.3) is 21.8 Å². The van der Waals surface area contributed by atoms with E-state index in [1.165, 1.54) is 12.8 Å². The predicted molar refractivity (Wildman–Crippen MR) is 177 cm³/mol. The molecule has 9 nitrogen and oxygen atoms in total. The first-order valence-electron chi connectivity index (χ1n) is 16.4. The highest BCUT2D eigenvalue weighted by molar-refractivity contribution is 6.10. The van der Waals surface area contributed by atoms with Gasteiger partial charge in [-0.15, -0.1) is 0 Å². The molecule has 6 rings (SSSR count). The Morgan fingerprint density at radius 2 is 1.80 bits per heavy atom. The molecule has 3 aromatic carbocycles. The van der Waals surface area contributed by atoms with Crippen LogP contribution in [-0.2, 0) is 11.2 Å². The van der Waals surface area contributed by atoms with E-state index in [4.69, 9.17) is 18.9 Å². The predicted octanol–water partition coefficient (Wildman–Crippen LogP) is 4.67. The Labute approximate surface area is 265 Å². The van der Waals surface area contributed by atoms with Crippen molar-refractivity contribution in [3.63, 3.8) is 0 Å². The van der Waals surface area contributed by atoms with Crippen molar-refractivity contribution >= 4 is 21.8 Å². The molecule has 2 fully saturated rings. The van der Waals surface area contributed by atoms with Crippen molar-refractivity contribution in [3.8, 4) is 17.2 Å². The molecule has 2 unspecified atom stereocenters. The van der Waals surface area contributed by atoms with Crippen LogP contribution < -0.4 is 19.5 Å². The third-order valence-electron chi connectivity index (χ3n) is 9.12. The molecule has 9 heteroatoms. The lowest BCUT2D eigenvalue weighted by Crippen LogP contribution is -2.46. The smallest absolute Gasteiger partial charge is 0.161 e. The molecule has 2 aliphatic rings. The fourth-order valence-corrected chi connectivity index (χ4v) is 6.81. The van der Waals surface area contributed by atoms with Gasteiger partial charge in [0, 0.05) is 48.5 Å². The number of methoxy groups -OCH3 is 1. The summed E-state index contributed by atoms with van der Waals surface area (Å²) >= 11 is 0. The van der Waals surface area contributed by atoms with Crippen molar-refractivity contribution in [3.05, 3.63) is 66.2 Å². The van der Waals surface area contributed by atoms with Gasteiger partial charge in [0.1, 0.15) is 25.1 Å². The van der Waals surface area contributed by atoms with Gasteiger partial charge >= 0.3 is 0 Å². The number of fused-ring (bicyclic) bond motifs is 3. The molecule has 0 radical (unpaired) electrons. The van der Waals surface area contributed by atoms with Gasteiger partial charge in [0.2, 0.25) is 0 Å². The lowest BCUT2D eigenvalue weighted by Gasteiger charge is -2.37. The zero-order chi connectivity index (χ0) is 31.0. The summed E-state index contributed by atoms with van der Waals surface area (Å²) in [6, 6.07) is 20.6. The van der Waals surface area contributed by atoms with Crippen LogP contribution >= 0.6 is 0 Å². The highest BCUT2D eigenvalue weighted by Crippen LogP contribution is 2.33. The molecule has 4 N–H and O–H groups in total. The van der Waals surface area contributed by atoms with Crippen LogP contribution in [0.15, 0.2) is 60.7 Å². The average Bonchev–Trinajstić information content (AvgIpc) is 3.68. The monoisotopic (exact) mass is 617 g/mol. The number of nitrogens with one attached hydrogen (secondary N) is 2. The first kappa shape index (κ1) is 31.6. The fraction of sp³-hybridized carbons (Fsp3) is 0.500. The van der Waals surface area contributed by atoms with E-state index < -0.39 is 6.10 Å². The number of aromatic amines is 1. The van der Waals surface area contributed by atoms with Crippen LogP contribution in [0.5, 0.6) is 17.2 Å². The molecular weight excluding hydrogens is 570 g/mol. The number of likely N-dealkylation sites (tertiary alicyclic amines) is 1. The number of nitrogens with zero attached hydrogens (tertiary/aromatic N) is 1. The summed E-state index contributed by atoms with van der Waals surface area (Å²) in [4.78, 5) is 5.85. The van der Waals surface area contributed by atoms with Gasteiger partial charge in [0.25, 0.3) is 0 Å². The summed E-state index contributed by atoms with van der Waals surface area (Å²) in [5, 5.41) is 25.9. The molecule has 4 aromatic rings. The van der Waals surface area contributed by atoms with E-state index in [0.29, 0.717) is 43.8 Å². The number of ether oxygens (including phenoxy) is 4. The van der Waals surface area contributed by atoms with Gasteiger partial charge in [-0.2, -0.15) is 0 Å². The van der Waals surface area contributed by atoms with Crippen molar-refractivity contribution in [2.45, 2.75) is 62.9 Å². The van der Waals surface area contributed by atoms with Gasteiger partial charge < -0.3 is 39.5 Å². The molecule has 45 heavy (non-hydrogen) atoms. The number of aromatic nitrogens is 1. The number of benzene rings is 3. The maximum atomic E-state index is 10.5. The maximum Gasteiger partial charge on any atom is 0.161 e. The number of para-hydroxylation sites is 1. The van der Waals surface area contributed by atoms with Crippen molar-refractivity contribution in [2.24, 2.45) is 0 Å². The van der Waals surface area contributed by atoms with Crippen LogP contribution in [0, 0.1) is 0 Å². The number of aliphatic hydroxyl groups excluding tert-OH is 2. The molecule has 0 bridgehead atoms. The minimum absolute atomic E-state index is 0.189. The third-order valence-corrected chi connectivity index (χ3v) is 9.12. The Balaban J connectivity index is 0.910. The van der Waals surface area contributed by atoms with E-state index >= 15 is 0 Å². The molecule has 4 atom stereocenters. The van der Waals surface area contributed by atoms with Crippen LogP contribution in [0.4, 0.5) is 0 Å². The summed E-state index contributed by atoms with van der Waals surface area (Å²) in [5.74, 6) is 2.16. The van der Waals surface area contributed by atoms with Crippen molar-refractivity contribution in [1.82, 2.24) is 15.2 Å². The molecule has 2 heterocycles. The molecule has 1 aromatic heterocycles. The van der Waals surface area contributed by atoms with E-state index in [9.17, 15) is 10.2 Å². The van der Waals surface area contributed by atoms with Crippen molar-refractivity contribution in [2.75, 3.05) is 53.1 Å². The Kier molecular flexibility index (Phi) is 10.8. The van der Waals surface area contributed by atoms with Gasteiger partial charge in [0.05, 0.1) is 31.4 Å². The summed E-state index contributed by atoms with van der Waals surface area (Å²) < 4.78 is 24.0. The molecular formula is C36H47N3O6. The second-order valence-electron chi connectivity index (χ2n) is 12.3. The number of hydrogen-bond donors (Lipinski definition) is 4. The van der Waals surface area contributed by atoms with Crippen molar-refractivity contribution in [1.29, 1.82) is 0 Å². The fourth-order valence-electron chi connectivity index (χ4n) is 6.81. The van der Waals surface area contributed by atoms with Gasteiger partial charge in [-0.05, 0) is 61.6 Å².